The molecule has 0 unspecified atom stereocenters. The van der Waals surface area contributed by atoms with Crippen LogP contribution in [0.5, 0.6) is 5.75 Å². The van der Waals surface area contributed by atoms with E-state index in [2.05, 4.69) is 34.8 Å². The van der Waals surface area contributed by atoms with Crippen molar-refractivity contribution < 1.29 is 9.53 Å². The van der Waals surface area contributed by atoms with Gasteiger partial charge in [0.15, 0.2) is 0 Å². The first kappa shape index (κ1) is 16.8. The van der Waals surface area contributed by atoms with Gasteiger partial charge in [-0.2, -0.15) is 0 Å². The molecule has 2 aromatic carbocycles. The van der Waals surface area contributed by atoms with E-state index < -0.39 is 0 Å². The van der Waals surface area contributed by atoms with Gasteiger partial charge < -0.3 is 10.1 Å². The number of hydrogen-bond acceptors (Lipinski definition) is 2. The highest BCUT2D eigenvalue weighted by Crippen LogP contribution is 2.22. The Morgan fingerprint density at radius 1 is 1.14 bits per heavy atom. The van der Waals surface area contributed by atoms with E-state index in [1.165, 1.54) is 14.7 Å². The molecule has 0 atom stereocenters. The average molecular weight is 409 g/mol. The lowest BCUT2D eigenvalue weighted by Crippen LogP contribution is -2.12. The number of nitrogens with one attached hydrogen (secondary N) is 1. The molecular weight excluding hydrogens is 389 g/mol. The van der Waals surface area contributed by atoms with Gasteiger partial charge in [0.05, 0.1) is 6.61 Å². The Hall–Kier alpha value is -1.56. The van der Waals surface area contributed by atoms with Crippen molar-refractivity contribution in [2.45, 2.75) is 27.2 Å². The number of amides is 1. The van der Waals surface area contributed by atoms with Gasteiger partial charge in [-0.25, -0.2) is 0 Å². The van der Waals surface area contributed by atoms with Crippen LogP contribution >= 0.6 is 22.6 Å². The summed E-state index contributed by atoms with van der Waals surface area (Å²) in [7, 11) is 0. The largest absolute Gasteiger partial charge is 0.494 e. The fraction of sp³-hybridized carbons (Fsp3) is 0.278. The van der Waals surface area contributed by atoms with Gasteiger partial charge in [0.25, 0.3) is 5.91 Å². The Bertz CT molecular complexity index is 642. The molecule has 3 nitrogen and oxygen atoms in total. The summed E-state index contributed by atoms with van der Waals surface area (Å²) in [5, 5.41) is 2.95. The third-order valence-electron chi connectivity index (χ3n) is 3.28. The summed E-state index contributed by atoms with van der Waals surface area (Å²) in [4.78, 5) is 12.3. The van der Waals surface area contributed by atoms with Crippen LogP contribution in [0.3, 0.4) is 0 Å². The second-order valence-electron chi connectivity index (χ2n) is 5.25. The van der Waals surface area contributed by atoms with E-state index in [-0.39, 0.29) is 5.91 Å². The first-order chi connectivity index (χ1) is 10.5. The molecule has 0 aliphatic heterocycles. The molecule has 2 rings (SSSR count). The Kier molecular flexibility index (Phi) is 5.83. The van der Waals surface area contributed by atoms with Crippen molar-refractivity contribution in [1.29, 1.82) is 0 Å². The van der Waals surface area contributed by atoms with Crippen LogP contribution in [0, 0.1) is 17.4 Å². The summed E-state index contributed by atoms with van der Waals surface area (Å²) < 4.78 is 6.75. The van der Waals surface area contributed by atoms with Crippen LogP contribution in [0.4, 0.5) is 5.69 Å². The minimum atomic E-state index is -0.109. The summed E-state index contributed by atoms with van der Waals surface area (Å²) in [6.07, 6.45) is 0.966. The van der Waals surface area contributed by atoms with Crippen molar-refractivity contribution in [3.63, 3.8) is 0 Å². The van der Waals surface area contributed by atoms with Crippen molar-refractivity contribution >= 4 is 34.2 Å². The second kappa shape index (κ2) is 7.63. The van der Waals surface area contributed by atoms with Crippen molar-refractivity contribution in [3.8, 4) is 5.75 Å². The van der Waals surface area contributed by atoms with Gasteiger partial charge in [0, 0.05) is 14.8 Å². The number of hydrogen-bond donors (Lipinski definition) is 1. The molecule has 0 aromatic heterocycles. The Labute approximate surface area is 145 Å². The van der Waals surface area contributed by atoms with E-state index in [0.717, 1.165) is 17.9 Å². The fourth-order valence-corrected chi connectivity index (χ4v) is 2.46. The molecular formula is C18H20INO2. The van der Waals surface area contributed by atoms with E-state index in [1.807, 2.05) is 38.1 Å². The Morgan fingerprint density at radius 3 is 2.27 bits per heavy atom. The maximum absolute atomic E-state index is 12.3. The number of aryl methyl sites for hydroxylation is 2. The van der Waals surface area contributed by atoms with E-state index in [0.29, 0.717) is 12.2 Å². The van der Waals surface area contributed by atoms with Gasteiger partial charge in [-0.15, -0.1) is 0 Å². The predicted molar refractivity (Wildman–Crippen MR) is 98.8 cm³/mol. The lowest BCUT2D eigenvalue weighted by atomic mass is 10.1. The van der Waals surface area contributed by atoms with Crippen LogP contribution in [0.15, 0.2) is 36.4 Å². The van der Waals surface area contributed by atoms with Gasteiger partial charge in [-0.05, 0) is 90.4 Å². The van der Waals surface area contributed by atoms with Gasteiger partial charge >= 0.3 is 0 Å². The molecule has 0 aliphatic rings. The molecule has 1 amide bonds. The normalized spacial score (nSPS) is 10.4. The lowest BCUT2D eigenvalue weighted by Gasteiger charge is -2.10. The fourth-order valence-electron chi connectivity index (χ4n) is 2.14. The zero-order valence-electron chi connectivity index (χ0n) is 13.1. The van der Waals surface area contributed by atoms with Gasteiger partial charge in [-0.1, -0.05) is 6.92 Å². The van der Waals surface area contributed by atoms with Gasteiger partial charge in [0.1, 0.15) is 5.75 Å². The minimum Gasteiger partial charge on any atom is -0.494 e. The number of halogens is 1. The first-order valence-electron chi connectivity index (χ1n) is 7.32. The maximum atomic E-state index is 12.3. The zero-order valence-corrected chi connectivity index (χ0v) is 15.2. The Balaban J connectivity index is 2.09. The highest BCUT2D eigenvalue weighted by atomic mass is 127. The molecule has 4 heteroatoms. The van der Waals surface area contributed by atoms with Crippen LogP contribution < -0.4 is 10.1 Å². The highest BCUT2D eigenvalue weighted by molar-refractivity contribution is 14.1. The van der Waals surface area contributed by atoms with Crippen LogP contribution in [0.2, 0.25) is 0 Å². The SMILES string of the molecule is CCCOc1ccc(C(=O)Nc2cc(C)c(I)c(C)c2)cc1. The summed E-state index contributed by atoms with van der Waals surface area (Å²) in [5.41, 5.74) is 3.78. The third-order valence-corrected chi connectivity index (χ3v) is 4.99. The molecule has 2 aromatic rings. The van der Waals surface area contributed by atoms with Crippen LogP contribution in [0.25, 0.3) is 0 Å². The molecule has 0 saturated heterocycles. The molecule has 0 spiro atoms. The average Bonchev–Trinajstić information content (AvgIpc) is 2.51. The van der Waals surface area contributed by atoms with Crippen molar-refractivity contribution in [2.75, 3.05) is 11.9 Å². The Morgan fingerprint density at radius 2 is 1.73 bits per heavy atom. The van der Waals surface area contributed by atoms with Crippen molar-refractivity contribution in [1.82, 2.24) is 0 Å². The molecule has 0 aliphatic carbocycles. The topological polar surface area (TPSA) is 38.3 Å². The number of ether oxygens (including phenoxy) is 1. The monoisotopic (exact) mass is 409 g/mol. The number of anilines is 1. The molecule has 22 heavy (non-hydrogen) atoms. The lowest BCUT2D eigenvalue weighted by molar-refractivity contribution is 0.102. The summed E-state index contributed by atoms with van der Waals surface area (Å²) >= 11 is 2.32. The first-order valence-corrected chi connectivity index (χ1v) is 8.40. The zero-order chi connectivity index (χ0) is 16.1. The minimum absolute atomic E-state index is 0.109. The van der Waals surface area contributed by atoms with Gasteiger partial charge in [0.2, 0.25) is 0 Å². The van der Waals surface area contributed by atoms with E-state index in [9.17, 15) is 4.79 Å². The quantitative estimate of drug-likeness (QED) is 0.710. The molecule has 1 N–H and O–H groups in total. The molecule has 0 radical (unpaired) electrons. The van der Waals surface area contributed by atoms with Crippen LogP contribution in [-0.2, 0) is 0 Å². The number of carbonyl (C=O) groups excluding carboxylic acids is 1. The van der Waals surface area contributed by atoms with E-state index in [4.69, 9.17) is 4.74 Å². The standard InChI is InChI=1S/C18H20INO2/c1-4-9-22-16-7-5-14(6-8-16)18(21)20-15-10-12(2)17(19)13(3)11-15/h5-8,10-11H,4,9H2,1-3H3,(H,20,21). The second-order valence-corrected chi connectivity index (χ2v) is 6.33. The van der Waals surface area contributed by atoms with Crippen LogP contribution in [0.1, 0.15) is 34.8 Å². The summed E-state index contributed by atoms with van der Waals surface area (Å²) in [6.45, 7) is 6.84. The molecule has 0 saturated carbocycles. The van der Waals surface area contributed by atoms with Crippen LogP contribution in [-0.4, -0.2) is 12.5 Å². The highest BCUT2D eigenvalue weighted by Gasteiger charge is 2.08. The molecule has 0 heterocycles. The predicted octanol–water partition coefficient (Wildman–Crippen LogP) is 4.95. The van der Waals surface area contributed by atoms with Gasteiger partial charge in [-0.3, -0.25) is 4.79 Å². The molecule has 0 fully saturated rings. The third kappa shape index (κ3) is 4.22. The number of benzene rings is 2. The summed E-state index contributed by atoms with van der Waals surface area (Å²) in [6, 6.07) is 11.2. The number of rotatable bonds is 5. The maximum Gasteiger partial charge on any atom is 0.255 e. The van der Waals surface area contributed by atoms with E-state index >= 15 is 0 Å². The summed E-state index contributed by atoms with van der Waals surface area (Å²) in [5.74, 6) is 0.682. The molecule has 116 valence electrons. The van der Waals surface area contributed by atoms with E-state index in [1.54, 1.807) is 12.1 Å². The van der Waals surface area contributed by atoms with Crippen molar-refractivity contribution in [3.05, 3.63) is 56.7 Å². The van der Waals surface area contributed by atoms with Crippen molar-refractivity contribution in [2.24, 2.45) is 0 Å². The molecule has 0 bridgehead atoms. The number of carbonyl (C=O) groups is 1. The smallest absolute Gasteiger partial charge is 0.255 e.